The number of aryl methyl sites for hydroxylation is 2. The number of carbonyl (C=O) groups excluding carboxylic acids is 2. The highest BCUT2D eigenvalue weighted by Gasteiger charge is 2.46. The Bertz CT molecular complexity index is 1520. The molecule has 1 aromatic heterocycles. The zero-order chi connectivity index (χ0) is 29.3. The summed E-state index contributed by atoms with van der Waals surface area (Å²) in [5.41, 5.74) is 1.33. The third-order valence-electron chi connectivity index (χ3n) is 7.72. The topological polar surface area (TPSA) is 115 Å². The molecular weight excluding hydrogens is 536 g/mol. The number of nitrogens with one attached hydrogen (secondary N) is 2. The SMILES string of the molecule is CCn1nccc(N2C[C@@H](c3c(F)cc(OC)cc3F)[C@H](NC(=O)NC3CCc4cc(OC)ccc4C3)C2=O)c1=O. The number of anilines is 1. The molecule has 0 radical (unpaired) electrons. The molecule has 0 saturated carbocycles. The summed E-state index contributed by atoms with van der Waals surface area (Å²) in [5.74, 6) is -2.89. The molecule has 3 amide bonds. The smallest absolute Gasteiger partial charge is 0.315 e. The number of methoxy groups -OCH3 is 2. The monoisotopic (exact) mass is 567 g/mol. The number of amides is 3. The Labute approximate surface area is 235 Å². The zero-order valence-electron chi connectivity index (χ0n) is 22.9. The Kier molecular flexibility index (Phi) is 7.91. The molecular formula is C29H31F2N5O5. The van der Waals surface area contributed by atoms with Crippen LogP contribution in [0, 0.1) is 11.6 Å². The Hall–Kier alpha value is -4.48. The van der Waals surface area contributed by atoms with E-state index in [1.165, 1.54) is 24.1 Å². The highest BCUT2D eigenvalue weighted by molar-refractivity contribution is 6.02. The highest BCUT2D eigenvalue weighted by atomic mass is 19.1. The van der Waals surface area contributed by atoms with Gasteiger partial charge in [0, 0.05) is 48.9 Å². The zero-order valence-corrected chi connectivity index (χ0v) is 22.9. The van der Waals surface area contributed by atoms with Gasteiger partial charge in [-0.1, -0.05) is 6.07 Å². The largest absolute Gasteiger partial charge is 0.497 e. The first-order valence-electron chi connectivity index (χ1n) is 13.4. The number of nitrogens with zero attached hydrogens (tertiary/aromatic N) is 3. The number of fused-ring (bicyclic) bond motifs is 1. The van der Waals surface area contributed by atoms with Crippen LogP contribution < -0.4 is 30.6 Å². The maximum atomic E-state index is 15.2. The lowest BCUT2D eigenvalue weighted by molar-refractivity contribution is -0.118. The summed E-state index contributed by atoms with van der Waals surface area (Å²) in [6.07, 6.45) is 3.35. The van der Waals surface area contributed by atoms with Gasteiger partial charge >= 0.3 is 6.03 Å². The highest BCUT2D eigenvalue weighted by Crippen LogP contribution is 2.36. The van der Waals surface area contributed by atoms with E-state index in [2.05, 4.69) is 15.7 Å². The van der Waals surface area contributed by atoms with Crippen molar-refractivity contribution in [3.05, 3.63) is 81.3 Å². The maximum absolute atomic E-state index is 15.2. The fraction of sp³-hybridized carbons (Fsp3) is 0.379. The predicted octanol–water partition coefficient (Wildman–Crippen LogP) is 2.91. The van der Waals surface area contributed by atoms with E-state index in [1.807, 2.05) is 18.2 Å². The van der Waals surface area contributed by atoms with Crippen molar-refractivity contribution >= 4 is 17.6 Å². The normalized spacial score (nSPS) is 20.0. The van der Waals surface area contributed by atoms with Crippen molar-refractivity contribution in [1.82, 2.24) is 20.4 Å². The molecule has 216 valence electrons. The molecule has 12 heteroatoms. The Morgan fingerprint density at radius 2 is 1.76 bits per heavy atom. The quantitative estimate of drug-likeness (QED) is 0.454. The van der Waals surface area contributed by atoms with Crippen LogP contribution in [-0.4, -0.2) is 54.6 Å². The first-order valence-corrected chi connectivity index (χ1v) is 13.4. The van der Waals surface area contributed by atoms with E-state index in [1.54, 1.807) is 14.0 Å². The summed E-state index contributed by atoms with van der Waals surface area (Å²) in [4.78, 5) is 41.0. The average molecular weight is 568 g/mol. The van der Waals surface area contributed by atoms with Crippen molar-refractivity contribution in [2.75, 3.05) is 25.7 Å². The van der Waals surface area contributed by atoms with Crippen LogP contribution in [0.15, 0.2) is 47.4 Å². The second-order valence-electron chi connectivity index (χ2n) is 10.1. The fourth-order valence-corrected chi connectivity index (χ4v) is 5.62. The third-order valence-corrected chi connectivity index (χ3v) is 7.72. The van der Waals surface area contributed by atoms with Crippen molar-refractivity contribution < 1.29 is 27.8 Å². The number of carbonyl (C=O) groups is 2. The molecule has 1 aliphatic heterocycles. The lowest BCUT2D eigenvalue weighted by atomic mass is 9.88. The van der Waals surface area contributed by atoms with Gasteiger partial charge in [-0.2, -0.15) is 5.10 Å². The summed E-state index contributed by atoms with van der Waals surface area (Å²) < 4.78 is 41.9. The number of rotatable bonds is 7. The summed E-state index contributed by atoms with van der Waals surface area (Å²) >= 11 is 0. The minimum absolute atomic E-state index is 0.00945. The van der Waals surface area contributed by atoms with Crippen LogP contribution in [0.3, 0.4) is 0 Å². The van der Waals surface area contributed by atoms with Crippen molar-refractivity contribution in [2.45, 2.75) is 50.7 Å². The fourth-order valence-electron chi connectivity index (χ4n) is 5.62. The molecule has 5 rings (SSSR count). The molecule has 10 nitrogen and oxygen atoms in total. The van der Waals surface area contributed by atoms with Crippen LogP contribution in [0.2, 0.25) is 0 Å². The van der Waals surface area contributed by atoms with Crippen molar-refractivity contribution in [3.8, 4) is 11.5 Å². The summed E-state index contributed by atoms with van der Waals surface area (Å²) in [5, 5.41) is 9.53. The minimum atomic E-state index is -1.34. The van der Waals surface area contributed by atoms with Gasteiger partial charge < -0.3 is 25.0 Å². The standard InChI is InChI=1S/C29H31F2N5O5/c1-4-36-27(37)24(9-10-32-36)35-15-21(25-22(30)13-20(41-3)14-23(25)31)26(28(35)38)34-29(39)33-18-7-5-17-12-19(40-2)8-6-16(17)11-18/h6,8-10,12-14,18,21,26H,4-5,7,11,15H2,1-3H3,(H2,33,34,39)/t18?,21-,26-/m0/s1. The molecule has 1 saturated heterocycles. The Morgan fingerprint density at radius 1 is 1.02 bits per heavy atom. The molecule has 41 heavy (non-hydrogen) atoms. The van der Waals surface area contributed by atoms with Gasteiger partial charge in [0.2, 0.25) is 0 Å². The van der Waals surface area contributed by atoms with Crippen LogP contribution in [0.4, 0.5) is 19.3 Å². The molecule has 3 aromatic rings. The minimum Gasteiger partial charge on any atom is -0.497 e. The Morgan fingerprint density at radius 3 is 2.44 bits per heavy atom. The van der Waals surface area contributed by atoms with E-state index in [4.69, 9.17) is 9.47 Å². The van der Waals surface area contributed by atoms with Crippen molar-refractivity contribution in [3.63, 3.8) is 0 Å². The second kappa shape index (κ2) is 11.6. The number of aromatic nitrogens is 2. The van der Waals surface area contributed by atoms with Gasteiger partial charge in [0.1, 0.15) is 34.9 Å². The van der Waals surface area contributed by atoms with Gasteiger partial charge in [0.05, 0.1) is 14.2 Å². The molecule has 1 unspecified atom stereocenters. The van der Waals surface area contributed by atoms with Gasteiger partial charge in [-0.05, 0) is 55.5 Å². The van der Waals surface area contributed by atoms with E-state index in [0.717, 1.165) is 40.3 Å². The van der Waals surface area contributed by atoms with Crippen LogP contribution in [0.25, 0.3) is 0 Å². The summed E-state index contributed by atoms with van der Waals surface area (Å²) in [6, 6.07) is 7.02. The van der Waals surface area contributed by atoms with E-state index in [-0.39, 0.29) is 36.1 Å². The van der Waals surface area contributed by atoms with E-state index >= 15 is 8.78 Å². The molecule has 3 atom stereocenters. The van der Waals surface area contributed by atoms with Crippen LogP contribution in [0.1, 0.15) is 36.0 Å². The number of urea groups is 1. The number of hydrogen-bond acceptors (Lipinski definition) is 6. The van der Waals surface area contributed by atoms with Crippen molar-refractivity contribution in [2.24, 2.45) is 0 Å². The molecule has 2 aromatic carbocycles. The lowest BCUT2D eigenvalue weighted by Crippen LogP contribution is -2.51. The van der Waals surface area contributed by atoms with Crippen LogP contribution in [-0.2, 0) is 24.2 Å². The van der Waals surface area contributed by atoms with Crippen LogP contribution >= 0.6 is 0 Å². The molecule has 2 aliphatic rings. The number of halogens is 2. The van der Waals surface area contributed by atoms with Crippen molar-refractivity contribution in [1.29, 1.82) is 0 Å². The van der Waals surface area contributed by atoms with Crippen LogP contribution in [0.5, 0.6) is 11.5 Å². The van der Waals surface area contributed by atoms with Gasteiger partial charge in [-0.25, -0.2) is 18.3 Å². The first-order chi connectivity index (χ1) is 19.7. The number of benzene rings is 2. The van der Waals surface area contributed by atoms with Gasteiger partial charge in [-0.3, -0.25) is 9.59 Å². The van der Waals surface area contributed by atoms with E-state index in [0.29, 0.717) is 12.8 Å². The van der Waals surface area contributed by atoms with Gasteiger partial charge in [0.25, 0.3) is 11.5 Å². The third kappa shape index (κ3) is 5.46. The predicted molar refractivity (Wildman–Crippen MR) is 146 cm³/mol. The molecule has 0 bridgehead atoms. The molecule has 1 aliphatic carbocycles. The summed E-state index contributed by atoms with van der Waals surface area (Å²) in [6.45, 7) is 1.76. The number of hydrogen-bond donors (Lipinski definition) is 2. The molecule has 2 N–H and O–H groups in total. The van der Waals surface area contributed by atoms with Gasteiger partial charge in [0.15, 0.2) is 0 Å². The second-order valence-corrected chi connectivity index (χ2v) is 10.1. The molecule has 2 heterocycles. The molecule has 0 spiro atoms. The lowest BCUT2D eigenvalue weighted by Gasteiger charge is -2.27. The van der Waals surface area contributed by atoms with Gasteiger partial charge in [-0.15, -0.1) is 0 Å². The Balaban J connectivity index is 1.41. The molecule has 1 fully saturated rings. The number of ether oxygens (including phenoxy) is 2. The van der Waals surface area contributed by atoms with E-state index in [9.17, 15) is 14.4 Å². The maximum Gasteiger partial charge on any atom is 0.315 e. The van der Waals surface area contributed by atoms with E-state index < -0.39 is 41.1 Å². The average Bonchev–Trinajstić information content (AvgIpc) is 3.27. The summed E-state index contributed by atoms with van der Waals surface area (Å²) in [7, 11) is 2.89. The first kappa shape index (κ1) is 28.1.